The fraction of sp³-hybridized carbons (Fsp3) is 0.333. The van der Waals surface area contributed by atoms with Gasteiger partial charge in [-0.3, -0.25) is 9.47 Å². The van der Waals surface area contributed by atoms with Crippen LogP contribution in [-0.2, 0) is 6.67 Å². The summed E-state index contributed by atoms with van der Waals surface area (Å²) in [5.74, 6) is 1.53. The monoisotopic (exact) mass is 414 g/mol. The molecule has 0 unspecified atom stereocenters. The Hall–Kier alpha value is -2.15. The Morgan fingerprint density at radius 2 is 1.75 bits per heavy atom. The van der Waals surface area contributed by atoms with Crippen LogP contribution in [0.1, 0.15) is 19.3 Å². The second kappa shape index (κ2) is 8.47. The minimum atomic E-state index is 0.661. The zero-order valence-corrected chi connectivity index (χ0v) is 17.4. The lowest BCUT2D eigenvalue weighted by Gasteiger charge is -2.25. The van der Waals surface area contributed by atoms with Crippen LogP contribution in [0.15, 0.2) is 48.5 Å². The van der Waals surface area contributed by atoms with Crippen LogP contribution in [0.4, 0.5) is 0 Å². The summed E-state index contributed by atoms with van der Waals surface area (Å²) in [6.45, 7) is 2.86. The normalized spacial score (nSPS) is 14.9. The van der Waals surface area contributed by atoms with Crippen molar-refractivity contribution >= 4 is 23.8 Å². The maximum Gasteiger partial charge on any atom is 0.204 e. The number of halogens is 1. The molecule has 146 valence electrons. The molecule has 2 aromatic carbocycles. The van der Waals surface area contributed by atoms with Crippen LogP contribution in [0.5, 0.6) is 5.75 Å². The van der Waals surface area contributed by atoms with Crippen molar-refractivity contribution in [2.75, 3.05) is 20.2 Å². The summed E-state index contributed by atoms with van der Waals surface area (Å²) in [6.07, 6.45) is 3.75. The average Bonchev–Trinajstić information content (AvgIpc) is 3.05. The topological polar surface area (TPSA) is 35.2 Å². The molecule has 2 heterocycles. The number of aromatic nitrogens is 3. The molecule has 0 atom stereocenters. The van der Waals surface area contributed by atoms with Crippen molar-refractivity contribution in [3.63, 3.8) is 0 Å². The highest BCUT2D eigenvalue weighted by Gasteiger charge is 2.19. The highest BCUT2D eigenvalue weighted by molar-refractivity contribution is 7.71. The lowest BCUT2D eigenvalue weighted by molar-refractivity contribution is 0.172. The minimum absolute atomic E-state index is 0.661. The molecule has 1 aliphatic heterocycles. The quantitative estimate of drug-likeness (QED) is 0.539. The zero-order valence-electron chi connectivity index (χ0n) is 15.8. The summed E-state index contributed by atoms with van der Waals surface area (Å²) >= 11 is 11.9. The van der Waals surface area contributed by atoms with E-state index in [4.69, 9.17) is 33.7 Å². The second-order valence-corrected chi connectivity index (χ2v) is 7.74. The number of benzene rings is 2. The van der Waals surface area contributed by atoms with E-state index in [-0.39, 0.29) is 0 Å². The Labute approximate surface area is 175 Å². The van der Waals surface area contributed by atoms with Gasteiger partial charge in [-0.1, -0.05) is 30.2 Å². The molecule has 1 aliphatic rings. The molecule has 7 heteroatoms. The molecule has 4 rings (SSSR count). The Bertz CT molecular complexity index is 1010. The van der Waals surface area contributed by atoms with Gasteiger partial charge in [0.25, 0.3) is 0 Å². The molecule has 3 aromatic rings. The van der Waals surface area contributed by atoms with Crippen molar-refractivity contribution in [1.29, 1.82) is 0 Å². The zero-order chi connectivity index (χ0) is 19.5. The maximum atomic E-state index is 6.09. The molecule has 28 heavy (non-hydrogen) atoms. The van der Waals surface area contributed by atoms with Crippen molar-refractivity contribution in [3.8, 4) is 22.8 Å². The van der Waals surface area contributed by atoms with Crippen LogP contribution >= 0.6 is 23.8 Å². The van der Waals surface area contributed by atoms with E-state index < -0.39 is 0 Å². The van der Waals surface area contributed by atoms with Gasteiger partial charge in [-0.2, -0.15) is 0 Å². The molecule has 1 aromatic heterocycles. The minimum Gasteiger partial charge on any atom is -0.496 e. The first kappa shape index (κ1) is 19.2. The molecule has 0 N–H and O–H groups in total. The van der Waals surface area contributed by atoms with Crippen molar-refractivity contribution < 1.29 is 4.74 Å². The van der Waals surface area contributed by atoms with Crippen LogP contribution in [0.2, 0.25) is 5.02 Å². The fourth-order valence-corrected chi connectivity index (χ4v) is 4.03. The van der Waals surface area contributed by atoms with Crippen molar-refractivity contribution in [2.24, 2.45) is 0 Å². The van der Waals surface area contributed by atoms with E-state index in [1.54, 1.807) is 7.11 Å². The molecular weight excluding hydrogens is 392 g/mol. The van der Waals surface area contributed by atoms with Crippen LogP contribution < -0.4 is 4.74 Å². The molecule has 0 amide bonds. The van der Waals surface area contributed by atoms with E-state index in [0.29, 0.717) is 16.5 Å². The molecule has 5 nitrogen and oxygen atoms in total. The fourth-order valence-electron chi connectivity index (χ4n) is 3.62. The number of hydrogen-bond donors (Lipinski definition) is 0. The first-order valence-electron chi connectivity index (χ1n) is 9.49. The van der Waals surface area contributed by atoms with Crippen LogP contribution in [-0.4, -0.2) is 39.4 Å². The maximum absolute atomic E-state index is 6.09. The number of methoxy groups -OCH3 is 1. The van der Waals surface area contributed by atoms with Gasteiger partial charge in [0, 0.05) is 5.02 Å². The number of para-hydroxylation sites is 1. The highest BCUT2D eigenvalue weighted by atomic mass is 35.5. The summed E-state index contributed by atoms with van der Waals surface area (Å²) in [6, 6.07) is 15.5. The SMILES string of the molecule is COc1ccccc1-c1nn(CN2CCCCC2)c(=S)n1-c1ccc(Cl)cc1. The van der Waals surface area contributed by atoms with Crippen LogP contribution in [0.25, 0.3) is 17.1 Å². The Kier molecular flexibility index (Phi) is 5.80. The third kappa shape index (κ3) is 3.85. The van der Waals surface area contributed by atoms with Gasteiger partial charge in [-0.15, -0.1) is 5.10 Å². The van der Waals surface area contributed by atoms with E-state index in [1.165, 1.54) is 19.3 Å². The number of piperidine rings is 1. The van der Waals surface area contributed by atoms with E-state index in [1.807, 2.05) is 57.8 Å². The Morgan fingerprint density at radius 3 is 2.46 bits per heavy atom. The first-order chi connectivity index (χ1) is 13.7. The summed E-state index contributed by atoms with van der Waals surface area (Å²) in [5.41, 5.74) is 1.84. The predicted octanol–water partition coefficient (Wildman–Crippen LogP) is 5.18. The molecule has 0 saturated carbocycles. The standard InChI is InChI=1S/C21H23ClN4OS/c1-27-19-8-4-3-7-18(19)20-23-25(15-24-13-5-2-6-14-24)21(28)26(20)17-11-9-16(22)10-12-17/h3-4,7-12H,2,5-6,13-15H2,1H3. The van der Waals surface area contributed by atoms with Gasteiger partial charge >= 0.3 is 0 Å². The third-order valence-electron chi connectivity index (χ3n) is 5.05. The lowest BCUT2D eigenvalue weighted by Crippen LogP contribution is -2.32. The smallest absolute Gasteiger partial charge is 0.204 e. The number of likely N-dealkylation sites (tertiary alicyclic amines) is 1. The number of hydrogen-bond acceptors (Lipinski definition) is 4. The lowest BCUT2D eigenvalue weighted by atomic mass is 10.1. The van der Waals surface area contributed by atoms with E-state index in [9.17, 15) is 0 Å². The molecule has 0 spiro atoms. The average molecular weight is 415 g/mol. The van der Waals surface area contributed by atoms with Crippen molar-refractivity contribution in [3.05, 3.63) is 58.3 Å². The van der Waals surface area contributed by atoms with Gasteiger partial charge < -0.3 is 4.74 Å². The Balaban J connectivity index is 1.84. The van der Waals surface area contributed by atoms with E-state index in [0.717, 1.165) is 35.9 Å². The second-order valence-electron chi connectivity index (χ2n) is 6.94. The number of nitrogens with zero attached hydrogens (tertiary/aromatic N) is 4. The summed E-state index contributed by atoms with van der Waals surface area (Å²) in [4.78, 5) is 2.41. The first-order valence-corrected chi connectivity index (χ1v) is 10.3. The molecular formula is C21H23ClN4OS. The Morgan fingerprint density at radius 1 is 1.04 bits per heavy atom. The van der Waals surface area contributed by atoms with Gasteiger partial charge in [-0.25, -0.2) is 4.68 Å². The predicted molar refractivity (Wildman–Crippen MR) is 115 cm³/mol. The van der Waals surface area contributed by atoms with Gasteiger partial charge in [0.05, 0.1) is 25.0 Å². The molecule has 0 radical (unpaired) electrons. The van der Waals surface area contributed by atoms with Gasteiger partial charge in [0.2, 0.25) is 4.77 Å². The van der Waals surface area contributed by atoms with E-state index >= 15 is 0 Å². The van der Waals surface area contributed by atoms with Crippen LogP contribution in [0, 0.1) is 4.77 Å². The number of ether oxygens (including phenoxy) is 1. The molecule has 1 fully saturated rings. The molecule has 1 saturated heterocycles. The molecule has 0 aliphatic carbocycles. The summed E-state index contributed by atoms with van der Waals surface area (Å²) < 4.78 is 10.1. The van der Waals surface area contributed by atoms with Gasteiger partial charge in [-0.05, 0) is 74.5 Å². The largest absolute Gasteiger partial charge is 0.496 e. The van der Waals surface area contributed by atoms with Gasteiger partial charge in [0.15, 0.2) is 5.82 Å². The summed E-state index contributed by atoms with van der Waals surface area (Å²) in [7, 11) is 1.67. The van der Waals surface area contributed by atoms with Crippen molar-refractivity contribution in [2.45, 2.75) is 25.9 Å². The third-order valence-corrected chi connectivity index (χ3v) is 5.70. The van der Waals surface area contributed by atoms with E-state index in [2.05, 4.69) is 4.90 Å². The highest BCUT2D eigenvalue weighted by Crippen LogP contribution is 2.31. The molecule has 0 bridgehead atoms. The summed E-state index contributed by atoms with van der Waals surface area (Å²) in [5, 5.41) is 5.59. The van der Waals surface area contributed by atoms with Crippen molar-refractivity contribution in [1.82, 2.24) is 19.2 Å². The van der Waals surface area contributed by atoms with Gasteiger partial charge in [0.1, 0.15) is 5.75 Å². The van der Waals surface area contributed by atoms with Crippen LogP contribution in [0.3, 0.4) is 0 Å². The number of rotatable bonds is 5.